The molecule has 1 aromatic rings. The third kappa shape index (κ3) is 3.58. The van der Waals surface area contributed by atoms with Crippen LogP contribution >= 0.6 is 0 Å². The van der Waals surface area contributed by atoms with Gasteiger partial charge in [0.05, 0.1) is 4.90 Å². The number of amides is 1. The summed E-state index contributed by atoms with van der Waals surface area (Å²) in [5.41, 5.74) is 0.308. The Morgan fingerprint density at radius 3 is 2.25 bits per heavy atom. The molecule has 1 N–H and O–H groups in total. The molecule has 0 unspecified atom stereocenters. The van der Waals surface area contributed by atoms with Gasteiger partial charge >= 0.3 is 0 Å². The van der Waals surface area contributed by atoms with Crippen molar-refractivity contribution in [3.8, 4) is 0 Å². The molecule has 0 aliphatic rings. The van der Waals surface area contributed by atoms with Crippen molar-refractivity contribution in [2.24, 2.45) is 0 Å². The molecule has 0 spiro atoms. The minimum atomic E-state index is -3.75. The van der Waals surface area contributed by atoms with Gasteiger partial charge in [0, 0.05) is 14.1 Å². The zero-order valence-electron chi connectivity index (χ0n) is 12.8. The number of carbonyl (C=O) groups is 1. The first-order valence-electron chi connectivity index (χ1n) is 6.30. The van der Waals surface area contributed by atoms with Crippen LogP contribution in [0.25, 0.3) is 0 Å². The summed E-state index contributed by atoms with van der Waals surface area (Å²) < 4.78 is 27.4. The lowest BCUT2D eigenvalue weighted by Crippen LogP contribution is -2.54. The molecular weight excluding hydrogens is 276 g/mol. The molecule has 112 valence electrons. The van der Waals surface area contributed by atoms with Gasteiger partial charge in [-0.3, -0.25) is 4.79 Å². The number of rotatable bonds is 4. The Bertz CT molecular complexity index is 619. The fraction of sp³-hybridized carbons (Fsp3) is 0.500. The molecule has 0 atom stereocenters. The van der Waals surface area contributed by atoms with Crippen LogP contribution in [-0.4, -0.2) is 38.9 Å². The minimum Gasteiger partial charge on any atom is -0.347 e. The van der Waals surface area contributed by atoms with Crippen LogP contribution in [0.2, 0.25) is 0 Å². The van der Waals surface area contributed by atoms with Crippen molar-refractivity contribution >= 4 is 15.9 Å². The standard InChI is InChI=1S/C14H22N2O3S/c1-10-7-8-11(2)12(9-10)20(18,19)15-14(3,4)13(17)16(5)6/h7-9,15H,1-6H3. The summed E-state index contributed by atoms with van der Waals surface area (Å²) in [4.78, 5) is 13.6. The van der Waals surface area contributed by atoms with Crippen LogP contribution in [0.1, 0.15) is 25.0 Å². The molecular formula is C14H22N2O3S. The molecule has 0 radical (unpaired) electrons. The van der Waals surface area contributed by atoms with Gasteiger partial charge in [-0.1, -0.05) is 12.1 Å². The van der Waals surface area contributed by atoms with E-state index >= 15 is 0 Å². The molecule has 0 bridgehead atoms. The summed E-state index contributed by atoms with van der Waals surface area (Å²) in [5.74, 6) is -0.300. The molecule has 0 fully saturated rings. The number of aryl methyl sites for hydroxylation is 2. The van der Waals surface area contributed by atoms with Crippen molar-refractivity contribution in [3.05, 3.63) is 29.3 Å². The first-order valence-corrected chi connectivity index (χ1v) is 7.78. The zero-order valence-corrected chi connectivity index (χ0v) is 13.6. The SMILES string of the molecule is Cc1ccc(C)c(S(=O)(=O)NC(C)(C)C(=O)N(C)C)c1. The Morgan fingerprint density at radius 2 is 1.75 bits per heavy atom. The minimum absolute atomic E-state index is 0.206. The van der Waals surface area contributed by atoms with Crippen LogP contribution in [0.3, 0.4) is 0 Å². The van der Waals surface area contributed by atoms with Gasteiger partial charge in [-0.25, -0.2) is 8.42 Å². The quantitative estimate of drug-likeness (QED) is 0.915. The van der Waals surface area contributed by atoms with E-state index in [-0.39, 0.29) is 10.8 Å². The van der Waals surface area contributed by atoms with Crippen LogP contribution < -0.4 is 4.72 Å². The predicted octanol–water partition coefficient (Wildman–Crippen LogP) is 1.45. The molecule has 1 amide bonds. The van der Waals surface area contributed by atoms with Gasteiger partial charge in [0.15, 0.2) is 0 Å². The second-order valence-corrected chi connectivity index (χ2v) is 7.35. The van der Waals surface area contributed by atoms with Crippen LogP contribution in [0.5, 0.6) is 0 Å². The average Bonchev–Trinajstić information content (AvgIpc) is 2.29. The van der Waals surface area contributed by atoms with Gasteiger partial charge in [0.2, 0.25) is 15.9 Å². The summed E-state index contributed by atoms with van der Waals surface area (Å²) >= 11 is 0. The second kappa shape index (κ2) is 5.54. The maximum absolute atomic E-state index is 12.5. The van der Waals surface area contributed by atoms with Gasteiger partial charge in [0.25, 0.3) is 0 Å². The van der Waals surface area contributed by atoms with E-state index in [4.69, 9.17) is 0 Å². The highest BCUT2D eigenvalue weighted by Gasteiger charge is 2.34. The highest BCUT2D eigenvalue weighted by molar-refractivity contribution is 7.89. The molecule has 1 rings (SSSR count). The average molecular weight is 298 g/mol. The highest BCUT2D eigenvalue weighted by atomic mass is 32.2. The number of benzene rings is 1. The molecule has 0 heterocycles. The topological polar surface area (TPSA) is 66.5 Å². The van der Waals surface area contributed by atoms with Gasteiger partial charge in [-0.2, -0.15) is 4.72 Å². The largest absolute Gasteiger partial charge is 0.347 e. The first kappa shape index (κ1) is 16.7. The number of carbonyl (C=O) groups excluding carboxylic acids is 1. The monoisotopic (exact) mass is 298 g/mol. The summed E-state index contributed by atoms with van der Waals surface area (Å²) in [5, 5.41) is 0. The molecule has 5 nitrogen and oxygen atoms in total. The van der Waals surface area contributed by atoms with Crippen LogP contribution in [-0.2, 0) is 14.8 Å². The third-order valence-corrected chi connectivity index (χ3v) is 4.76. The lowest BCUT2D eigenvalue weighted by Gasteiger charge is -2.28. The Morgan fingerprint density at radius 1 is 1.20 bits per heavy atom. The van der Waals surface area contributed by atoms with Crippen LogP contribution in [0.4, 0.5) is 0 Å². The zero-order chi connectivity index (χ0) is 15.7. The van der Waals surface area contributed by atoms with Crippen molar-refractivity contribution in [2.45, 2.75) is 38.1 Å². The summed E-state index contributed by atoms with van der Waals surface area (Å²) in [6.45, 7) is 6.67. The highest BCUT2D eigenvalue weighted by Crippen LogP contribution is 2.19. The predicted molar refractivity (Wildman–Crippen MR) is 79.0 cm³/mol. The van der Waals surface area contributed by atoms with Crippen molar-refractivity contribution in [1.82, 2.24) is 9.62 Å². The third-order valence-electron chi connectivity index (χ3n) is 2.96. The lowest BCUT2D eigenvalue weighted by atomic mass is 10.1. The Labute approximate surface area is 121 Å². The number of nitrogens with zero attached hydrogens (tertiary/aromatic N) is 1. The number of sulfonamides is 1. The summed E-state index contributed by atoms with van der Waals surface area (Å²) in [6, 6.07) is 5.21. The van der Waals surface area contributed by atoms with Crippen molar-refractivity contribution in [2.75, 3.05) is 14.1 Å². The van der Waals surface area contributed by atoms with E-state index in [9.17, 15) is 13.2 Å². The molecule has 0 aromatic heterocycles. The van der Waals surface area contributed by atoms with Crippen molar-refractivity contribution in [1.29, 1.82) is 0 Å². The Balaban J connectivity index is 3.19. The van der Waals surface area contributed by atoms with Crippen molar-refractivity contribution in [3.63, 3.8) is 0 Å². The maximum atomic E-state index is 12.5. The lowest BCUT2D eigenvalue weighted by molar-refractivity contribution is -0.133. The number of hydrogen-bond donors (Lipinski definition) is 1. The van der Waals surface area contributed by atoms with E-state index in [1.165, 1.54) is 4.90 Å². The van der Waals surface area contributed by atoms with E-state index in [2.05, 4.69) is 4.72 Å². The van der Waals surface area contributed by atoms with Crippen LogP contribution in [0.15, 0.2) is 23.1 Å². The molecule has 6 heteroatoms. The van der Waals surface area contributed by atoms with Gasteiger partial charge < -0.3 is 4.90 Å². The van der Waals surface area contributed by atoms with E-state index in [1.54, 1.807) is 47.0 Å². The van der Waals surface area contributed by atoms with E-state index in [0.29, 0.717) is 5.56 Å². The number of nitrogens with one attached hydrogen (secondary N) is 1. The number of hydrogen-bond acceptors (Lipinski definition) is 3. The number of likely N-dealkylation sites (N-methyl/N-ethyl adjacent to an activating group) is 1. The fourth-order valence-electron chi connectivity index (χ4n) is 1.99. The van der Waals surface area contributed by atoms with E-state index in [0.717, 1.165) is 5.56 Å². The summed E-state index contributed by atoms with van der Waals surface area (Å²) in [7, 11) is -0.560. The maximum Gasteiger partial charge on any atom is 0.242 e. The Hall–Kier alpha value is -1.40. The first-order chi connectivity index (χ1) is 8.97. The van der Waals surface area contributed by atoms with Gasteiger partial charge in [-0.15, -0.1) is 0 Å². The molecule has 20 heavy (non-hydrogen) atoms. The molecule has 1 aromatic carbocycles. The smallest absolute Gasteiger partial charge is 0.242 e. The van der Waals surface area contributed by atoms with Crippen molar-refractivity contribution < 1.29 is 13.2 Å². The van der Waals surface area contributed by atoms with Crippen LogP contribution in [0, 0.1) is 13.8 Å². The second-order valence-electron chi connectivity index (χ2n) is 5.70. The Kier molecular flexibility index (Phi) is 4.61. The van der Waals surface area contributed by atoms with E-state index < -0.39 is 15.6 Å². The fourth-order valence-corrected chi connectivity index (χ4v) is 3.69. The summed E-state index contributed by atoms with van der Waals surface area (Å²) in [6.07, 6.45) is 0. The molecule has 0 saturated carbocycles. The van der Waals surface area contributed by atoms with Gasteiger partial charge in [0.1, 0.15) is 5.54 Å². The van der Waals surface area contributed by atoms with E-state index in [1.807, 2.05) is 13.0 Å². The normalized spacial score (nSPS) is 12.3. The molecule has 0 aliphatic heterocycles. The van der Waals surface area contributed by atoms with Gasteiger partial charge in [-0.05, 0) is 44.9 Å². The molecule has 0 saturated heterocycles. The molecule has 0 aliphatic carbocycles.